The summed E-state index contributed by atoms with van der Waals surface area (Å²) >= 11 is 0. The third kappa shape index (κ3) is 2.99. The van der Waals surface area contributed by atoms with Gasteiger partial charge in [0.05, 0.1) is 13.7 Å². The van der Waals surface area contributed by atoms with Gasteiger partial charge < -0.3 is 9.47 Å². The highest BCUT2D eigenvalue weighted by Gasteiger charge is 2.73. The predicted molar refractivity (Wildman–Crippen MR) is 125 cm³/mol. The number of benzene rings is 1. The second-order valence-electron chi connectivity index (χ2n) is 10.6. The number of Topliss-reactive ketones (excluding diaryl/α,β-unsaturated/α-hetero) is 1. The molecule has 0 spiro atoms. The lowest BCUT2D eigenvalue weighted by molar-refractivity contribution is -0.208. The minimum atomic E-state index is -1.07. The van der Waals surface area contributed by atoms with Crippen molar-refractivity contribution in [3.8, 4) is 5.75 Å². The maximum Gasteiger partial charge on any atom is 0.321 e. The van der Waals surface area contributed by atoms with Crippen LogP contribution in [0, 0.1) is 10.8 Å². The van der Waals surface area contributed by atoms with E-state index in [1.807, 2.05) is 13.0 Å². The number of rotatable bonds is 8. The molecule has 176 valence electrons. The zero-order valence-electron chi connectivity index (χ0n) is 20.6. The number of ketones is 1. The van der Waals surface area contributed by atoms with Crippen LogP contribution in [0.15, 0.2) is 18.2 Å². The lowest BCUT2D eigenvalue weighted by Gasteiger charge is -2.71. The van der Waals surface area contributed by atoms with E-state index in [9.17, 15) is 9.59 Å². The first-order valence-electron chi connectivity index (χ1n) is 12.3. The van der Waals surface area contributed by atoms with E-state index < -0.39 is 5.41 Å². The van der Waals surface area contributed by atoms with Crippen LogP contribution in [0.4, 0.5) is 0 Å². The number of hydrogen-bond acceptors (Lipinski definition) is 5. The Hall–Kier alpha value is -1.88. The number of unbranched alkanes of at least 4 members (excludes halogenated alkanes) is 2. The van der Waals surface area contributed by atoms with E-state index in [1.165, 1.54) is 11.1 Å². The topological polar surface area (TPSA) is 55.8 Å². The van der Waals surface area contributed by atoms with E-state index in [2.05, 4.69) is 44.9 Å². The molecule has 2 heterocycles. The third-order valence-corrected chi connectivity index (χ3v) is 9.27. The first kappa shape index (κ1) is 23.3. The van der Waals surface area contributed by atoms with E-state index in [0.717, 1.165) is 37.9 Å². The Bertz CT molecular complexity index is 913. The van der Waals surface area contributed by atoms with Crippen LogP contribution in [0.2, 0.25) is 0 Å². The van der Waals surface area contributed by atoms with Crippen molar-refractivity contribution in [1.82, 2.24) is 4.90 Å². The second kappa shape index (κ2) is 8.16. The van der Waals surface area contributed by atoms with Gasteiger partial charge >= 0.3 is 5.97 Å². The molecule has 0 N–H and O–H groups in total. The Morgan fingerprint density at radius 3 is 2.56 bits per heavy atom. The van der Waals surface area contributed by atoms with Crippen molar-refractivity contribution in [1.29, 1.82) is 0 Å². The SMILES string of the molecule is CCCCCC(=O)C1(C(=O)OCC)CC2(C)C3Cc4ccc(OC)cc4C2(C)CC1N3C. The van der Waals surface area contributed by atoms with Gasteiger partial charge in [0.2, 0.25) is 0 Å². The molecule has 5 nitrogen and oxygen atoms in total. The van der Waals surface area contributed by atoms with Gasteiger partial charge in [-0.2, -0.15) is 0 Å². The van der Waals surface area contributed by atoms with E-state index in [1.54, 1.807) is 7.11 Å². The van der Waals surface area contributed by atoms with E-state index >= 15 is 0 Å². The highest BCUT2D eigenvalue weighted by molar-refractivity contribution is 6.05. The average Bonchev–Trinajstić information content (AvgIpc) is 2.77. The fourth-order valence-corrected chi connectivity index (χ4v) is 7.32. The molecule has 1 saturated carbocycles. The largest absolute Gasteiger partial charge is 0.497 e. The molecule has 2 saturated heterocycles. The number of piperidine rings is 2. The van der Waals surface area contributed by atoms with E-state index in [-0.39, 0.29) is 34.7 Å². The first-order valence-corrected chi connectivity index (χ1v) is 12.3. The summed E-state index contributed by atoms with van der Waals surface area (Å²) in [6.07, 6.45) is 5.63. The third-order valence-electron chi connectivity index (χ3n) is 9.27. The number of methoxy groups -OCH3 is 1. The van der Waals surface area contributed by atoms with Gasteiger partial charge in [-0.05, 0) is 68.3 Å². The molecule has 5 heteroatoms. The molecule has 2 aliphatic carbocycles. The van der Waals surface area contributed by atoms with Crippen LogP contribution >= 0.6 is 0 Å². The Labute approximate surface area is 192 Å². The molecule has 1 aromatic rings. The maximum atomic E-state index is 13.8. The number of ether oxygens (including phenoxy) is 2. The molecule has 2 aliphatic heterocycles. The Morgan fingerprint density at radius 1 is 1.16 bits per heavy atom. The summed E-state index contributed by atoms with van der Waals surface area (Å²) in [6.45, 7) is 8.92. The molecule has 0 amide bonds. The number of carbonyl (C=O) groups is 2. The quantitative estimate of drug-likeness (QED) is 0.333. The molecular formula is C27H39NO4. The van der Waals surface area contributed by atoms with Crippen LogP contribution in [-0.4, -0.2) is 49.5 Å². The Balaban J connectivity index is 1.82. The van der Waals surface area contributed by atoms with E-state index in [0.29, 0.717) is 19.4 Å². The molecule has 1 aromatic carbocycles. The van der Waals surface area contributed by atoms with Crippen LogP contribution in [0.25, 0.3) is 0 Å². The highest BCUT2D eigenvalue weighted by atomic mass is 16.5. The number of carbonyl (C=O) groups excluding carboxylic acids is 2. The number of fused-ring (bicyclic) bond motifs is 2. The van der Waals surface area contributed by atoms with Crippen LogP contribution < -0.4 is 4.74 Å². The van der Waals surface area contributed by atoms with Gasteiger partial charge in [-0.25, -0.2) is 0 Å². The first-order chi connectivity index (χ1) is 15.2. The normalized spacial score (nSPS) is 35.3. The summed E-state index contributed by atoms with van der Waals surface area (Å²) in [7, 11) is 3.83. The summed E-state index contributed by atoms with van der Waals surface area (Å²) in [5.41, 5.74) is 1.27. The summed E-state index contributed by atoms with van der Waals surface area (Å²) in [4.78, 5) is 29.7. The zero-order valence-corrected chi connectivity index (χ0v) is 20.6. The molecule has 4 bridgehead atoms. The van der Waals surface area contributed by atoms with Crippen molar-refractivity contribution in [2.45, 2.75) is 90.1 Å². The van der Waals surface area contributed by atoms with Gasteiger partial charge in [0, 0.05) is 23.9 Å². The minimum absolute atomic E-state index is 0.0828. The minimum Gasteiger partial charge on any atom is -0.497 e. The van der Waals surface area contributed by atoms with Crippen molar-refractivity contribution in [2.75, 3.05) is 20.8 Å². The van der Waals surface area contributed by atoms with Gasteiger partial charge in [0.1, 0.15) is 11.2 Å². The summed E-state index contributed by atoms with van der Waals surface area (Å²) < 4.78 is 11.2. The fourth-order valence-electron chi connectivity index (χ4n) is 7.32. The van der Waals surface area contributed by atoms with Gasteiger partial charge in [0.15, 0.2) is 5.78 Å². The van der Waals surface area contributed by atoms with Gasteiger partial charge in [-0.15, -0.1) is 0 Å². The summed E-state index contributed by atoms with van der Waals surface area (Å²) in [6, 6.07) is 6.57. The highest BCUT2D eigenvalue weighted by Crippen LogP contribution is 2.68. The molecular weight excluding hydrogens is 402 g/mol. The molecule has 3 fully saturated rings. The number of hydrogen-bond donors (Lipinski definition) is 0. The van der Waals surface area contributed by atoms with Gasteiger partial charge in [0.25, 0.3) is 0 Å². The molecule has 32 heavy (non-hydrogen) atoms. The van der Waals surface area contributed by atoms with Crippen molar-refractivity contribution >= 4 is 11.8 Å². The smallest absolute Gasteiger partial charge is 0.321 e. The summed E-state index contributed by atoms with van der Waals surface area (Å²) in [5, 5.41) is 0. The van der Waals surface area contributed by atoms with Crippen molar-refractivity contribution in [3.05, 3.63) is 29.3 Å². The van der Waals surface area contributed by atoms with Gasteiger partial charge in [-0.3, -0.25) is 14.5 Å². The second-order valence-corrected chi connectivity index (χ2v) is 10.6. The van der Waals surface area contributed by atoms with Crippen molar-refractivity contribution < 1.29 is 19.1 Å². The lowest BCUT2D eigenvalue weighted by atomic mass is 9.39. The van der Waals surface area contributed by atoms with Crippen LogP contribution in [0.1, 0.15) is 77.3 Å². The zero-order chi connectivity index (χ0) is 23.3. The van der Waals surface area contributed by atoms with Crippen LogP contribution in [0.5, 0.6) is 5.75 Å². The van der Waals surface area contributed by atoms with Crippen LogP contribution in [0.3, 0.4) is 0 Å². The molecule has 5 rings (SSSR count). The Kier molecular flexibility index (Phi) is 5.94. The predicted octanol–water partition coefficient (Wildman–Crippen LogP) is 4.69. The Morgan fingerprint density at radius 2 is 1.91 bits per heavy atom. The lowest BCUT2D eigenvalue weighted by Crippen LogP contribution is -2.78. The van der Waals surface area contributed by atoms with Crippen molar-refractivity contribution in [3.63, 3.8) is 0 Å². The standard InChI is InChI=1S/C27H39NO4/c1-7-9-10-11-23(29)27(24(30)32-8-2)17-26(4)21-14-18-12-13-19(31-6)15-20(18)25(26,3)16-22(27)28(21)5/h12-13,15,21-22H,7-11,14,16-17H2,1-6H3. The molecule has 0 radical (unpaired) electrons. The molecule has 5 unspecified atom stereocenters. The number of likely N-dealkylation sites (N-methyl/N-ethyl adjacent to an activating group) is 1. The monoisotopic (exact) mass is 441 g/mol. The van der Waals surface area contributed by atoms with Crippen LogP contribution in [-0.2, 0) is 26.2 Å². The maximum absolute atomic E-state index is 13.8. The summed E-state index contributed by atoms with van der Waals surface area (Å²) in [5.74, 6) is 0.644. The van der Waals surface area contributed by atoms with Gasteiger partial charge in [-0.1, -0.05) is 39.7 Å². The molecule has 0 aromatic heterocycles. The molecule has 4 aliphatic rings. The number of esters is 1. The number of nitrogens with zero attached hydrogens (tertiary/aromatic N) is 1. The molecule has 5 atom stereocenters. The van der Waals surface area contributed by atoms with E-state index in [4.69, 9.17) is 9.47 Å². The average molecular weight is 442 g/mol. The van der Waals surface area contributed by atoms with Crippen molar-refractivity contribution in [2.24, 2.45) is 10.8 Å². The fraction of sp³-hybridized carbons (Fsp3) is 0.704.